The SMILES string of the molecule is Nc1ccc2[nH]c(Cc3ccccc3Cl)nc2n1. The van der Waals surface area contributed by atoms with Gasteiger partial charge in [0, 0.05) is 11.4 Å². The monoisotopic (exact) mass is 258 g/mol. The van der Waals surface area contributed by atoms with Gasteiger partial charge in [0.25, 0.3) is 0 Å². The van der Waals surface area contributed by atoms with Crippen LogP contribution in [0.1, 0.15) is 11.4 Å². The molecule has 0 radical (unpaired) electrons. The molecule has 2 aromatic heterocycles. The molecule has 1 aromatic carbocycles. The number of anilines is 1. The summed E-state index contributed by atoms with van der Waals surface area (Å²) in [5, 5.41) is 0.741. The molecule has 0 aliphatic rings. The first-order valence-electron chi connectivity index (χ1n) is 5.57. The lowest BCUT2D eigenvalue weighted by Crippen LogP contribution is -1.91. The van der Waals surface area contributed by atoms with Gasteiger partial charge < -0.3 is 10.7 Å². The molecule has 4 nitrogen and oxygen atoms in total. The van der Waals surface area contributed by atoms with Gasteiger partial charge in [-0.3, -0.25) is 0 Å². The highest BCUT2D eigenvalue weighted by molar-refractivity contribution is 6.31. The van der Waals surface area contributed by atoms with Crippen LogP contribution in [0, 0.1) is 0 Å². The maximum absolute atomic E-state index is 6.12. The predicted octanol–water partition coefficient (Wildman–Crippen LogP) is 2.78. The molecule has 18 heavy (non-hydrogen) atoms. The Kier molecular flexibility index (Phi) is 2.64. The van der Waals surface area contributed by atoms with E-state index in [1.165, 1.54) is 0 Å². The number of benzene rings is 1. The van der Waals surface area contributed by atoms with Crippen LogP contribution in [0.5, 0.6) is 0 Å². The highest BCUT2D eigenvalue weighted by Gasteiger charge is 2.07. The highest BCUT2D eigenvalue weighted by atomic mass is 35.5. The minimum Gasteiger partial charge on any atom is -0.384 e. The molecule has 90 valence electrons. The first-order valence-corrected chi connectivity index (χ1v) is 5.95. The van der Waals surface area contributed by atoms with Crippen LogP contribution in [-0.4, -0.2) is 15.0 Å². The normalized spacial score (nSPS) is 10.9. The molecular formula is C13H11ClN4. The fraction of sp³-hybridized carbons (Fsp3) is 0.0769. The number of rotatable bonds is 2. The summed E-state index contributed by atoms with van der Waals surface area (Å²) in [5.41, 5.74) is 8.17. The molecule has 0 aliphatic heterocycles. The van der Waals surface area contributed by atoms with E-state index in [9.17, 15) is 0 Å². The van der Waals surface area contributed by atoms with Gasteiger partial charge >= 0.3 is 0 Å². The van der Waals surface area contributed by atoms with Crippen LogP contribution in [0.25, 0.3) is 11.2 Å². The van der Waals surface area contributed by atoms with Crippen LogP contribution in [0.3, 0.4) is 0 Å². The summed E-state index contributed by atoms with van der Waals surface area (Å²) in [4.78, 5) is 11.8. The molecule has 5 heteroatoms. The van der Waals surface area contributed by atoms with Gasteiger partial charge in [-0.25, -0.2) is 9.97 Å². The van der Waals surface area contributed by atoms with Gasteiger partial charge in [0.05, 0.1) is 5.52 Å². The van der Waals surface area contributed by atoms with Crippen molar-refractivity contribution in [1.29, 1.82) is 0 Å². The molecule has 3 rings (SSSR count). The molecule has 0 atom stereocenters. The Morgan fingerprint density at radius 2 is 1.94 bits per heavy atom. The van der Waals surface area contributed by atoms with E-state index in [0.717, 1.165) is 21.9 Å². The molecule has 0 saturated carbocycles. The number of halogens is 1. The first-order chi connectivity index (χ1) is 8.72. The van der Waals surface area contributed by atoms with Crippen molar-refractivity contribution in [3.63, 3.8) is 0 Å². The van der Waals surface area contributed by atoms with E-state index in [0.29, 0.717) is 17.9 Å². The Morgan fingerprint density at radius 3 is 2.78 bits per heavy atom. The number of aromatic amines is 1. The van der Waals surface area contributed by atoms with Gasteiger partial charge in [-0.15, -0.1) is 0 Å². The van der Waals surface area contributed by atoms with Gasteiger partial charge in [0.15, 0.2) is 5.65 Å². The van der Waals surface area contributed by atoms with Gasteiger partial charge in [0.1, 0.15) is 11.6 Å². The lowest BCUT2D eigenvalue weighted by Gasteiger charge is -2.00. The molecule has 0 amide bonds. The Balaban J connectivity index is 1.98. The summed E-state index contributed by atoms with van der Waals surface area (Å²) in [6.45, 7) is 0. The first kappa shape index (κ1) is 11.0. The molecule has 3 N–H and O–H groups in total. The Labute approximate surface area is 109 Å². The van der Waals surface area contributed by atoms with Crippen molar-refractivity contribution < 1.29 is 0 Å². The zero-order valence-electron chi connectivity index (χ0n) is 9.52. The van der Waals surface area contributed by atoms with E-state index >= 15 is 0 Å². The minimum atomic E-state index is 0.471. The van der Waals surface area contributed by atoms with Gasteiger partial charge in [0.2, 0.25) is 0 Å². The number of hydrogen-bond donors (Lipinski definition) is 2. The van der Waals surface area contributed by atoms with Crippen LogP contribution < -0.4 is 5.73 Å². The van der Waals surface area contributed by atoms with E-state index in [1.807, 2.05) is 30.3 Å². The number of nitrogens with one attached hydrogen (secondary N) is 1. The molecule has 0 aliphatic carbocycles. The van der Waals surface area contributed by atoms with Gasteiger partial charge in [-0.05, 0) is 23.8 Å². The van der Waals surface area contributed by atoms with Gasteiger partial charge in [-0.1, -0.05) is 29.8 Å². The zero-order valence-corrected chi connectivity index (χ0v) is 10.3. The summed E-state index contributed by atoms with van der Waals surface area (Å²) in [6, 6.07) is 11.3. The topological polar surface area (TPSA) is 67.6 Å². The standard InChI is InChI=1S/C13H11ClN4/c14-9-4-2-1-3-8(9)7-12-16-10-5-6-11(15)17-13(10)18-12/h1-6H,7H2,(H3,15,16,17,18). The Morgan fingerprint density at radius 1 is 1.11 bits per heavy atom. The van der Waals surface area contributed by atoms with Gasteiger partial charge in [-0.2, -0.15) is 0 Å². The van der Waals surface area contributed by atoms with Crippen LogP contribution in [0.15, 0.2) is 36.4 Å². The van der Waals surface area contributed by atoms with Crippen LogP contribution in [0.4, 0.5) is 5.82 Å². The third kappa shape index (κ3) is 2.02. The van der Waals surface area contributed by atoms with Crippen molar-refractivity contribution in [2.45, 2.75) is 6.42 Å². The van der Waals surface area contributed by atoms with E-state index < -0.39 is 0 Å². The fourth-order valence-corrected chi connectivity index (χ4v) is 2.07. The van der Waals surface area contributed by atoms with Crippen molar-refractivity contribution in [2.75, 3.05) is 5.73 Å². The van der Waals surface area contributed by atoms with Crippen molar-refractivity contribution in [3.05, 3.63) is 52.8 Å². The van der Waals surface area contributed by atoms with Crippen LogP contribution in [-0.2, 0) is 6.42 Å². The quantitative estimate of drug-likeness (QED) is 0.743. The smallest absolute Gasteiger partial charge is 0.179 e. The molecule has 0 unspecified atom stereocenters. The minimum absolute atomic E-state index is 0.471. The molecule has 3 aromatic rings. The maximum atomic E-state index is 6.12. The molecule has 0 bridgehead atoms. The molecule has 0 spiro atoms. The summed E-state index contributed by atoms with van der Waals surface area (Å²) in [5.74, 6) is 1.30. The van der Waals surface area contributed by atoms with E-state index in [-0.39, 0.29) is 0 Å². The molecule has 2 heterocycles. The number of pyridine rings is 1. The number of hydrogen-bond acceptors (Lipinski definition) is 3. The lowest BCUT2D eigenvalue weighted by atomic mass is 10.1. The summed E-state index contributed by atoms with van der Waals surface area (Å²) >= 11 is 6.12. The number of fused-ring (bicyclic) bond motifs is 1. The Hall–Kier alpha value is -2.07. The number of nitrogens with zero attached hydrogens (tertiary/aromatic N) is 2. The van der Waals surface area contributed by atoms with Crippen LogP contribution in [0.2, 0.25) is 5.02 Å². The third-order valence-electron chi connectivity index (χ3n) is 2.73. The lowest BCUT2D eigenvalue weighted by molar-refractivity contribution is 1.03. The van der Waals surface area contributed by atoms with Crippen molar-refractivity contribution in [1.82, 2.24) is 15.0 Å². The number of H-pyrrole nitrogens is 1. The summed E-state index contributed by atoms with van der Waals surface area (Å²) in [6.07, 6.45) is 0.649. The molecule has 0 fully saturated rings. The van der Waals surface area contributed by atoms with Crippen molar-refractivity contribution >= 4 is 28.6 Å². The second kappa shape index (κ2) is 4.31. The number of imidazole rings is 1. The Bertz CT molecular complexity index is 705. The third-order valence-corrected chi connectivity index (χ3v) is 3.10. The molecular weight excluding hydrogens is 248 g/mol. The summed E-state index contributed by atoms with van der Waals surface area (Å²) in [7, 11) is 0. The fourth-order valence-electron chi connectivity index (χ4n) is 1.86. The van der Waals surface area contributed by atoms with Crippen LogP contribution >= 0.6 is 11.6 Å². The summed E-state index contributed by atoms with van der Waals surface area (Å²) < 4.78 is 0. The van der Waals surface area contributed by atoms with Crippen molar-refractivity contribution in [2.24, 2.45) is 0 Å². The number of nitrogen functional groups attached to an aromatic ring is 1. The predicted molar refractivity (Wildman–Crippen MR) is 72.6 cm³/mol. The number of aromatic nitrogens is 3. The molecule has 0 saturated heterocycles. The average molecular weight is 259 g/mol. The average Bonchev–Trinajstić information content (AvgIpc) is 2.73. The zero-order chi connectivity index (χ0) is 12.5. The number of nitrogens with two attached hydrogens (primary N) is 1. The second-order valence-corrected chi connectivity index (χ2v) is 4.47. The van der Waals surface area contributed by atoms with Crippen molar-refractivity contribution in [3.8, 4) is 0 Å². The highest BCUT2D eigenvalue weighted by Crippen LogP contribution is 2.19. The van der Waals surface area contributed by atoms with E-state index in [4.69, 9.17) is 17.3 Å². The second-order valence-electron chi connectivity index (χ2n) is 4.06. The van der Waals surface area contributed by atoms with E-state index in [2.05, 4.69) is 15.0 Å². The largest absolute Gasteiger partial charge is 0.384 e. The van der Waals surface area contributed by atoms with E-state index in [1.54, 1.807) is 6.07 Å². The maximum Gasteiger partial charge on any atom is 0.179 e.